The van der Waals surface area contributed by atoms with Crippen molar-refractivity contribution in [3.05, 3.63) is 16.1 Å². The van der Waals surface area contributed by atoms with E-state index in [0.717, 1.165) is 37.4 Å². The number of carbonyl (C=O) groups is 1. The van der Waals surface area contributed by atoms with Crippen LogP contribution < -0.4 is 10.6 Å². The molecule has 1 fully saturated rings. The van der Waals surface area contributed by atoms with Gasteiger partial charge in [0.15, 0.2) is 0 Å². The molecule has 0 bridgehead atoms. The molecule has 1 aliphatic heterocycles. The Morgan fingerprint density at radius 2 is 2.47 bits per heavy atom. The molecule has 1 amide bonds. The van der Waals surface area contributed by atoms with Crippen LogP contribution in [0, 0.1) is 12.3 Å². The zero-order chi connectivity index (χ0) is 13.9. The van der Waals surface area contributed by atoms with E-state index in [4.69, 9.17) is 0 Å². The van der Waals surface area contributed by atoms with E-state index < -0.39 is 0 Å². The second kappa shape index (κ2) is 6.01. The molecule has 1 aromatic rings. The van der Waals surface area contributed by atoms with Crippen LogP contribution >= 0.6 is 11.3 Å². The predicted octanol–water partition coefficient (Wildman–Crippen LogP) is 2.41. The van der Waals surface area contributed by atoms with Crippen LogP contribution in [0.4, 0.5) is 0 Å². The minimum Gasteiger partial charge on any atom is -0.347 e. The molecule has 4 nitrogen and oxygen atoms in total. The number of carbonyl (C=O) groups excluding carboxylic acids is 1. The third-order valence-corrected chi connectivity index (χ3v) is 5.08. The topological polar surface area (TPSA) is 54.0 Å². The van der Waals surface area contributed by atoms with Crippen LogP contribution in [0.25, 0.3) is 0 Å². The Bertz CT molecular complexity index is 438. The first-order valence-corrected chi connectivity index (χ1v) is 7.83. The maximum absolute atomic E-state index is 12.6. The number of hydrogen-bond donors (Lipinski definition) is 2. The fourth-order valence-electron chi connectivity index (χ4n) is 2.61. The molecular formula is C14H23N3OS. The lowest BCUT2D eigenvalue weighted by Gasteiger charge is -2.36. The van der Waals surface area contributed by atoms with E-state index in [9.17, 15) is 4.79 Å². The van der Waals surface area contributed by atoms with E-state index in [0.29, 0.717) is 0 Å². The molecule has 2 rings (SSSR count). The Kier molecular flexibility index (Phi) is 4.58. The van der Waals surface area contributed by atoms with Gasteiger partial charge in [0.25, 0.3) is 0 Å². The van der Waals surface area contributed by atoms with Crippen molar-refractivity contribution in [1.82, 2.24) is 15.6 Å². The molecule has 0 spiro atoms. The molecule has 2 atom stereocenters. The molecule has 1 saturated heterocycles. The second-order valence-electron chi connectivity index (χ2n) is 5.42. The average molecular weight is 281 g/mol. The van der Waals surface area contributed by atoms with Crippen molar-refractivity contribution < 1.29 is 4.79 Å². The van der Waals surface area contributed by atoms with Gasteiger partial charge in [-0.2, -0.15) is 0 Å². The standard InChI is InChI=1S/C14H23N3OS/c1-4-14(6-5-7-15-9-14)13(18)17-11(3)12-16-8-10(2)19-12/h8,11,15H,4-7,9H2,1-3H3,(H,17,18). The molecule has 0 radical (unpaired) electrons. The maximum Gasteiger partial charge on any atom is 0.228 e. The summed E-state index contributed by atoms with van der Waals surface area (Å²) in [7, 11) is 0. The van der Waals surface area contributed by atoms with E-state index in [1.807, 2.05) is 20.0 Å². The number of aryl methyl sites for hydroxylation is 1. The van der Waals surface area contributed by atoms with Crippen molar-refractivity contribution in [3.63, 3.8) is 0 Å². The van der Waals surface area contributed by atoms with Gasteiger partial charge < -0.3 is 10.6 Å². The summed E-state index contributed by atoms with van der Waals surface area (Å²) in [5.41, 5.74) is -0.237. The number of amides is 1. The summed E-state index contributed by atoms with van der Waals surface area (Å²) in [5.74, 6) is 0.169. The van der Waals surface area contributed by atoms with Gasteiger partial charge in [0.05, 0.1) is 11.5 Å². The smallest absolute Gasteiger partial charge is 0.228 e. The van der Waals surface area contributed by atoms with Crippen LogP contribution in [0.5, 0.6) is 0 Å². The summed E-state index contributed by atoms with van der Waals surface area (Å²) >= 11 is 1.65. The number of hydrogen-bond acceptors (Lipinski definition) is 4. The van der Waals surface area contributed by atoms with Gasteiger partial charge in [-0.1, -0.05) is 6.92 Å². The van der Waals surface area contributed by atoms with Gasteiger partial charge in [0.2, 0.25) is 5.91 Å². The minimum atomic E-state index is -0.237. The van der Waals surface area contributed by atoms with Crippen molar-refractivity contribution in [2.24, 2.45) is 5.41 Å². The van der Waals surface area contributed by atoms with E-state index in [-0.39, 0.29) is 17.4 Å². The maximum atomic E-state index is 12.6. The Balaban J connectivity index is 2.03. The van der Waals surface area contributed by atoms with Crippen molar-refractivity contribution in [2.45, 2.75) is 46.1 Å². The number of thiazole rings is 1. The van der Waals surface area contributed by atoms with Crippen molar-refractivity contribution in [2.75, 3.05) is 13.1 Å². The van der Waals surface area contributed by atoms with Crippen LogP contribution in [0.3, 0.4) is 0 Å². The van der Waals surface area contributed by atoms with Gasteiger partial charge in [0.1, 0.15) is 5.01 Å². The number of rotatable bonds is 4. The molecular weight excluding hydrogens is 258 g/mol. The Hall–Kier alpha value is -0.940. The van der Waals surface area contributed by atoms with Crippen LogP contribution in [0.2, 0.25) is 0 Å². The second-order valence-corrected chi connectivity index (χ2v) is 6.68. The largest absolute Gasteiger partial charge is 0.347 e. The highest BCUT2D eigenvalue weighted by Crippen LogP contribution is 2.31. The van der Waals surface area contributed by atoms with Crippen LogP contribution in [-0.4, -0.2) is 24.0 Å². The lowest BCUT2D eigenvalue weighted by Crippen LogP contribution is -2.50. The molecule has 106 valence electrons. The third kappa shape index (κ3) is 3.15. The number of aromatic nitrogens is 1. The summed E-state index contributed by atoms with van der Waals surface area (Å²) in [6, 6.07) is -0.00319. The lowest BCUT2D eigenvalue weighted by atomic mass is 9.77. The fourth-order valence-corrected chi connectivity index (χ4v) is 3.38. The summed E-state index contributed by atoms with van der Waals surface area (Å²) in [6.45, 7) is 7.96. The Labute approximate surface area is 119 Å². The lowest BCUT2D eigenvalue weighted by molar-refractivity contribution is -0.133. The molecule has 0 saturated carbocycles. The molecule has 2 N–H and O–H groups in total. The number of nitrogens with one attached hydrogen (secondary N) is 2. The molecule has 5 heteroatoms. The minimum absolute atomic E-state index is 0.00319. The molecule has 1 aliphatic rings. The quantitative estimate of drug-likeness (QED) is 0.891. The zero-order valence-corrected chi connectivity index (χ0v) is 12.8. The van der Waals surface area contributed by atoms with Gasteiger partial charge in [-0.15, -0.1) is 11.3 Å². The first kappa shape index (κ1) is 14.5. The predicted molar refractivity (Wildman–Crippen MR) is 78.2 cm³/mol. The number of piperidine rings is 1. The third-order valence-electron chi connectivity index (χ3n) is 3.99. The molecule has 2 heterocycles. The highest BCUT2D eigenvalue weighted by molar-refractivity contribution is 7.11. The summed E-state index contributed by atoms with van der Waals surface area (Å²) in [6.07, 6.45) is 4.80. The molecule has 0 aromatic carbocycles. The number of nitrogens with zero attached hydrogens (tertiary/aromatic N) is 1. The van der Waals surface area contributed by atoms with E-state index in [1.165, 1.54) is 4.88 Å². The molecule has 2 unspecified atom stereocenters. The summed E-state index contributed by atoms with van der Waals surface area (Å²) in [5, 5.41) is 7.48. The highest BCUT2D eigenvalue weighted by Gasteiger charge is 2.38. The van der Waals surface area contributed by atoms with E-state index in [1.54, 1.807) is 11.3 Å². The van der Waals surface area contributed by atoms with Crippen LogP contribution in [0.1, 0.15) is 49.0 Å². The van der Waals surface area contributed by atoms with E-state index in [2.05, 4.69) is 22.5 Å². The van der Waals surface area contributed by atoms with Crippen molar-refractivity contribution >= 4 is 17.2 Å². The van der Waals surface area contributed by atoms with E-state index >= 15 is 0 Å². The van der Waals surface area contributed by atoms with Gasteiger partial charge in [-0.05, 0) is 39.7 Å². The fraction of sp³-hybridized carbons (Fsp3) is 0.714. The van der Waals surface area contributed by atoms with Crippen molar-refractivity contribution in [3.8, 4) is 0 Å². The van der Waals surface area contributed by atoms with Gasteiger partial charge in [0, 0.05) is 17.6 Å². The highest BCUT2D eigenvalue weighted by atomic mass is 32.1. The van der Waals surface area contributed by atoms with Gasteiger partial charge >= 0.3 is 0 Å². The summed E-state index contributed by atoms with van der Waals surface area (Å²) < 4.78 is 0. The van der Waals surface area contributed by atoms with Crippen LogP contribution in [-0.2, 0) is 4.79 Å². The average Bonchev–Trinajstić information content (AvgIpc) is 2.86. The first-order valence-electron chi connectivity index (χ1n) is 7.01. The Morgan fingerprint density at radius 1 is 1.68 bits per heavy atom. The van der Waals surface area contributed by atoms with Crippen molar-refractivity contribution in [1.29, 1.82) is 0 Å². The molecule has 19 heavy (non-hydrogen) atoms. The monoisotopic (exact) mass is 281 g/mol. The molecule has 0 aliphatic carbocycles. The van der Waals surface area contributed by atoms with Crippen LogP contribution in [0.15, 0.2) is 6.20 Å². The van der Waals surface area contributed by atoms with Gasteiger partial charge in [-0.25, -0.2) is 4.98 Å². The zero-order valence-electron chi connectivity index (χ0n) is 12.0. The van der Waals surface area contributed by atoms with Gasteiger partial charge in [-0.3, -0.25) is 4.79 Å². The first-order chi connectivity index (χ1) is 9.07. The normalized spacial score (nSPS) is 25.0. The Morgan fingerprint density at radius 3 is 3.00 bits per heavy atom. The molecule has 1 aromatic heterocycles. The summed E-state index contributed by atoms with van der Waals surface area (Å²) in [4.78, 5) is 18.1. The SMILES string of the molecule is CCC1(C(=O)NC(C)c2ncc(C)s2)CCCNC1.